The second-order valence-electron chi connectivity index (χ2n) is 7.01. The van der Waals surface area contributed by atoms with Crippen LogP contribution in [0.2, 0.25) is 0 Å². The molecule has 0 spiro atoms. The lowest BCUT2D eigenvalue weighted by Gasteiger charge is -2.24. The van der Waals surface area contributed by atoms with Crippen LogP contribution >= 0.6 is 0 Å². The molecule has 0 saturated heterocycles. The van der Waals surface area contributed by atoms with Gasteiger partial charge in [0.2, 0.25) is 5.88 Å². The topological polar surface area (TPSA) is 80.4 Å². The summed E-state index contributed by atoms with van der Waals surface area (Å²) < 4.78 is 72.9. The maximum atomic E-state index is 13.5. The molecule has 2 N–H and O–H groups in total. The van der Waals surface area contributed by atoms with Gasteiger partial charge in [-0.2, -0.15) is 18.3 Å². The Labute approximate surface area is 165 Å². The fraction of sp³-hybridized carbons (Fsp3) is 0.556. The van der Waals surface area contributed by atoms with Crippen LogP contribution in [0.1, 0.15) is 50.5 Å². The highest BCUT2D eigenvalue weighted by Gasteiger charge is 2.41. The monoisotopic (exact) mass is 425 g/mol. The largest absolute Gasteiger partial charge is 0.437 e. The van der Waals surface area contributed by atoms with Gasteiger partial charge in [0, 0.05) is 23.9 Å². The van der Waals surface area contributed by atoms with Crippen LogP contribution in [-0.4, -0.2) is 38.0 Å². The van der Waals surface area contributed by atoms with E-state index in [1.54, 1.807) is 34.6 Å². The number of alkyl halides is 5. The maximum Gasteiger partial charge on any atom is 0.420 e. The van der Waals surface area contributed by atoms with Crippen LogP contribution in [0.4, 0.5) is 22.0 Å². The smallest absolute Gasteiger partial charge is 0.420 e. The van der Waals surface area contributed by atoms with Crippen molar-refractivity contribution >= 4 is 0 Å². The summed E-state index contributed by atoms with van der Waals surface area (Å²) in [5, 5.41) is 21.1. The molecule has 29 heavy (non-hydrogen) atoms. The lowest BCUT2D eigenvalue weighted by molar-refractivity contribution is -0.141. The SMILES string of the molecule is CCO.Cc1cnn(C(C)(C)C)c1Oc1cncc(C(O)C(F)F)c1C(F)(F)F. The van der Waals surface area contributed by atoms with E-state index < -0.39 is 41.1 Å². The highest BCUT2D eigenvalue weighted by Crippen LogP contribution is 2.43. The van der Waals surface area contributed by atoms with Crippen molar-refractivity contribution in [2.75, 3.05) is 6.61 Å². The number of pyridine rings is 1. The number of nitrogens with zero attached hydrogens (tertiary/aromatic N) is 3. The summed E-state index contributed by atoms with van der Waals surface area (Å²) in [6.07, 6.45) is -8.35. The number of rotatable bonds is 4. The van der Waals surface area contributed by atoms with Gasteiger partial charge in [0.25, 0.3) is 6.43 Å². The Kier molecular flexibility index (Phi) is 8.10. The Bertz CT molecular complexity index is 801. The molecule has 0 fully saturated rings. The van der Waals surface area contributed by atoms with Crippen molar-refractivity contribution in [3.05, 3.63) is 35.3 Å². The van der Waals surface area contributed by atoms with Crippen molar-refractivity contribution in [2.24, 2.45) is 0 Å². The van der Waals surface area contributed by atoms with Gasteiger partial charge in [0.15, 0.2) is 5.75 Å². The van der Waals surface area contributed by atoms with Gasteiger partial charge >= 0.3 is 6.18 Å². The minimum Gasteiger partial charge on any atom is -0.437 e. The van der Waals surface area contributed by atoms with Gasteiger partial charge in [-0.05, 0) is 34.6 Å². The quantitative estimate of drug-likeness (QED) is 0.708. The molecule has 1 unspecified atom stereocenters. The molecule has 164 valence electrons. The van der Waals surface area contributed by atoms with Gasteiger partial charge in [-0.1, -0.05) is 0 Å². The van der Waals surface area contributed by atoms with E-state index in [0.29, 0.717) is 11.8 Å². The molecule has 1 atom stereocenters. The van der Waals surface area contributed by atoms with Crippen molar-refractivity contribution in [1.29, 1.82) is 0 Å². The Morgan fingerprint density at radius 2 is 1.69 bits per heavy atom. The van der Waals surface area contributed by atoms with Crippen molar-refractivity contribution in [3.8, 4) is 11.6 Å². The molecule has 0 aliphatic rings. The first-order valence-corrected chi connectivity index (χ1v) is 8.60. The molecule has 0 amide bonds. The standard InChI is InChI=1S/C16H18F5N3O2.C2H6O/c1-8-5-23-24(15(2,3)4)14(8)26-10-7-22-6-9(12(25)13(17)18)11(10)16(19,20)21;1-2-3/h5-7,12-13,25H,1-4H3;3H,2H2,1H3. The van der Waals surface area contributed by atoms with Gasteiger partial charge in [0.05, 0.1) is 17.9 Å². The van der Waals surface area contributed by atoms with Crippen LogP contribution in [0.25, 0.3) is 0 Å². The predicted octanol–water partition coefficient (Wildman–Crippen LogP) is 4.45. The molecule has 2 rings (SSSR count). The number of aromatic nitrogens is 3. The number of ether oxygens (including phenoxy) is 1. The first-order chi connectivity index (χ1) is 13.3. The Morgan fingerprint density at radius 1 is 1.14 bits per heavy atom. The van der Waals surface area contributed by atoms with Crippen LogP contribution in [0.15, 0.2) is 18.6 Å². The first-order valence-electron chi connectivity index (χ1n) is 8.60. The molecule has 0 aliphatic heterocycles. The number of aryl methyl sites for hydroxylation is 1. The summed E-state index contributed by atoms with van der Waals surface area (Å²) in [7, 11) is 0. The highest BCUT2D eigenvalue weighted by molar-refractivity contribution is 5.43. The maximum absolute atomic E-state index is 13.5. The van der Waals surface area contributed by atoms with E-state index in [1.807, 2.05) is 0 Å². The lowest BCUT2D eigenvalue weighted by Crippen LogP contribution is -2.24. The molecule has 2 heterocycles. The number of hydrogen-bond acceptors (Lipinski definition) is 5. The molecule has 0 saturated carbocycles. The van der Waals surface area contributed by atoms with Crippen molar-refractivity contribution in [3.63, 3.8) is 0 Å². The molecule has 2 aromatic rings. The third-order valence-electron chi connectivity index (χ3n) is 3.52. The summed E-state index contributed by atoms with van der Waals surface area (Å²) in [6.45, 7) is 8.83. The molecule has 0 bridgehead atoms. The van der Waals surface area contributed by atoms with E-state index in [1.165, 1.54) is 10.9 Å². The zero-order valence-electron chi connectivity index (χ0n) is 16.6. The number of aliphatic hydroxyl groups excluding tert-OH is 2. The van der Waals surface area contributed by atoms with Gasteiger partial charge < -0.3 is 14.9 Å². The van der Waals surface area contributed by atoms with E-state index in [-0.39, 0.29) is 12.5 Å². The summed E-state index contributed by atoms with van der Waals surface area (Å²) in [4.78, 5) is 3.52. The van der Waals surface area contributed by atoms with E-state index >= 15 is 0 Å². The molecule has 0 radical (unpaired) electrons. The van der Waals surface area contributed by atoms with Crippen LogP contribution in [-0.2, 0) is 11.7 Å². The van der Waals surface area contributed by atoms with Crippen LogP contribution < -0.4 is 4.74 Å². The molecule has 2 aromatic heterocycles. The highest BCUT2D eigenvalue weighted by atomic mass is 19.4. The predicted molar refractivity (Wildman–Crippen MR) is 95.0 cm³/mol. The summed E-state index contributed by atoms with van der Waals surface area (Å²) in [6, 6.07) is 0. The molecular weight excluding hydrogens is 401 g/mol. The number of halogens is 5. The average Bonchev–Trinajstić information content (AvgIpc) is 2.94. The third kappa shape index (κ3) is 6.10. The second-order valence-corrected chi connectivity index (χ2v) is 7.01. The number of hydrogen-bond donors (Lipinski definition) is 2. The van der Waals surface area contributed by atoms with Crippen molar-refractivity contribution in [2.45, 2.75) is 58.9 Å². The number of aliphatic hydroxyl groups is 2. The summed E-state index contributed by atoms with van der Waals surface area (Å²) in [5.41, 5.74) is -2.70. The van der Waals surface area contributed by atoms with Crippen LogP contribution in [0.3, 0.4) is 0 Å². The van der Waals surface area contributed by atoms with E-state index in [2.05, 4.69) is 10.1 Å². The Morgan fingerprint density at radius 3 is 2.14 bits per heavy atom. The molecule has 0 aromatic carbocycles. The van der Waals surface area contributed by atoms with E-state index in [0.717, 1.165) is 6.20 Å². The Balaban J connectivity index is 0.00000132. The molecule has 6 nitrogen and oxygen atoms in total. The fourth-order valence-electron chi connectivity index (χ4n) is 2.32. The first kappa shape index (κ1) is 24.8. The Hall–Kier alpha value is -2.27. The van der Waals surface area contributed by atoms with Crippen LogP contribution in [0.5, 0.6) is 11.6 Å². The van der Waals surface area contributed by atoms with Gasteiger partial charge in [0.1, 0.15) is 11.7 Å². The molecular formula is C18H24F5N3O3. The molecule has 11 heteroatoms. The lowest BCUT2D eigenvalue weighted by atomic mass is 10.0. The van der Waals surface area contributed by atoms with Crippen molar-refractivity contribution in [1.82, 2.24) is 14.8 Å². The summed E-state index contributed by atoms with van der Waals surface area (Å²) >= 11 is 0. The van der Waals surface area contributed by atoms with E-state index in [9.17, 15) is 27.1 Å². The van der Waals surface area contributed by atoms with Crippen LogP contribution in [0, 0.1) is 6.92 Å². The third-order valence-corrected chi connectivity index (χ3v) is 3.52. The average molecular weight is 425 g/mol. The second kappa shape index (κ2) is 9.49. The normalized spacial score (nSPS) is 13.1. The van der Waals surface area contributed by atoms with Gasteiger partial charge in [-0.25, -0.2) is 13.5 Å². The minimum absolute atomic E-state index is 0.0217. The minimum atomic E-state index is -5.04. The zero-order chi connectivity index (χ0) is 22.6. The zero-order valence-corrected chi connectivity index (χ0v) is 16.6. The fourth-order valence-corrected chi connectivity index (χ4v) is 2.32. The van der Waals surface area contributed by atoms with E-state index in [4.69, 9.17) is 9.84 Å². The van der Waals surface area contributed by atoms with Gasteiger partial charge in [-0.3, -0.25) is 4.98 Å². The molecule has 0 aliphatic carbocycles. The van der Waals surface area contributed by atoms with Crippen molar-refractivity contribution < 1.29 is 36.9 Å². The van der Waals surface area contributed by atoms with Gasteiger partial charge in [-0.15, -0.1) is 0 Å². The summed E-state index contributed by atoms with van der Waals surface area (Å²) in [5.74, 6) is -0.766.